The Morgan fingerprint density at radius 1 is 0.800 bits per heavy atom. The predicted molar refractivity (Wildman–Crippen MR) is 157 cm³/mol. The van der Waals surface area contributed by atoms with Gasteiger partial charge in [-0.3, -0.25) is 19.3 Å². The Labute approximate surface area is 237 Å². The summed E-state index contributed by atoms with van der Waals surface area (Å²) in [5, 5.41) is 0. The van der Waals surface area contributed by atoms with Crippen LogP contribution in [0.1, 0.15) is 69.6 Å². The zero-order chi connectivity index (χ0) is 28.1. The van der Waals surface area contributed by atoms with E-state index < -0.39 is 11.6 Å². The number of benzene rings is 3. The molecule has 206 valence electrons. The first-order valence-electron chi connectivity index (χ1n) is 14.6. The molecule has 0 aromatic heterocycles. The molecule has 3 aromatic carbocycles. The van der Waals surface area contributed by atoms with E-state index in [1.165, 1.54) is 10.5 Å². The van der Waals surface area contributed by atoms with Crippen LogP contribution in [0.4, 0.5) is 5.69 Å². The van der Waals surface area contributed by atoms with Gasteiger partial charge in [-0.15, -0.1) is 0 Å². The van der Waals surface area contributed by atoms with Crippen LogP contribution in [0.2, 0.25) is 0 Å². The lowest BCUT2D eigenvalue weighted by Crippen LogP contribution is -2.61. The second-order valence-electron chi connectivity index (χ2n) is 12.6. The van der Waals surface area contributed by atoms with E-state index in [0.717, 1.165) is 42.5 Å². The van der Waals surface area contributed by atoms with Gasteiger partial charge in [-0.1, -0.05) is 98.6 Å². The maximum atomic E-state index is 14.9. The van der Waals surface area contributed by atoms with Gasteiger partial charge in [-0.25, -0.2) is 0 Å². The number of hydrogen-bond donors (Lipinski definition) is 0. The van der Waals surface area contributed by atoms with Gasteiger partial charge < -0.3 is 4.90 Å². The first-order chi connectivity index (χ1) is 19.2. The number of para-hydroxylation sites is 1. The van der Waals surface area contributed by atoms with E-state index in [0.29, 0.717) is 12.8 Å². The first kappa shape index (κ1) is 26.5. The summed E-state index contributed by atoms with van der Waals surface area (Å²) in [6.07, 6.45) is 4.38. The molecule has 0 spiro atoms. The number of likely N-dealkylation sites (tertiary alicyclic amines) is 1. The number of hydrogen-bond acceptors (Lipinski definition) is 3. The highest BCUT2D eigenvalue weighted by Gasteiger charge is 2.55. The Morgan fingerprint density at radius 2 is 1.35 bits per heavy atom. The van der Waals surface area contributed by atoms with Crippen molar-refractivity contribution in [2.45, 2.75) is 76.3 Å². The van der Waals surface area contributed by atoms with Crippen LogP contribution in [-0.4, -0.2) is 34.2 Å². The summed E-state index contributed by atoms with van der Waals surface area (Å²) in [6.45, 7) is 6.47. The molecule has 2 aliphatic heterocycles. The quantitative estimate of drug-likeness (QED) is 0.361. The van der Waals surface area contributed by atoms with Crippen molar-refractivity contribution in [3.05, 3.63) is 102 Å². The number of fused-ring (bicyclic) bond motifs is 2. The van der Waals surface area contributed by atoms with Crippen molar-refractivity contribution in [2.75, 3.05) is 4.90 Å². The number of carbonyl (C=O) groups is 3. The average molecular weight is 535 g/mol. The highest BCUT2D eigenvalue weighted by molar-refractivity contribution is 6.11. The van der Waals surface area contributed by atoms with Crippen molar-refractivity contribution in [1.29, 1.82) is 0 Å². The molecule has 0 N–H and O–H groups in total. The molecule has 4 atom stereocenters. The molecular weight excluding hydrogens is 496 g/mol. The number of rotatable bonds is 5. The maximum Gasteiger partial charge on any atom is 0.251 e. The molecule has 1 aliphatic carbocycles. The number of nitrogens with zero attached hydrogens (tertiary/aromatic N) is 2. The van der Waals surface area contributed by atoms with Crippen LogP contribution in [0.3, 0.4) is 0 Å². The Kier molecular flexibility index (Phi) is 6.64. The van der Waals surface area contributed by atoms with Gasteiger partial charge >= 0.3 is 0 Å². The Bertz CT molecular complexity index is 1410. The minimum Gasteiger partial charge on any atom is -0.305 e. The lowest BCUT2D eigenvalue weighted by Gasteiger charge is -2.52. The predicted octanol–water partition coefficient (Wildman–Crippen LogP) is 6.29. The third kappa shape index (κ3) is 4.27. The molecule has 0 radical (unpaired) electrons. The van der Waals surface area contributed by atoms with Crippen LogP contribution in [0.25, 0.3) is 0 Å². The molecule has 1 saturated heterocycles. The van der Waals surface area contributed by atoms with E-state index in [1.807, 2.05) is 59.5 Å². The first-order valence-corrected chi connectivity index (χ1v) is 14.6. The normalized spacial score (nSPS) is 26.3. The SMILES string of the molecule is CC1(C)C[C@@](C)(c2ccccc2)c2ccccc2N1C(=O)[C@@H](Cc1ccccc1)N1C(=O)[C@H]2CCCC[C@H]2C1=O. The van der Waals surface area contributed by atoms with E-state index in [2.05, 4.69) is 51.1 Å². The summed E-state index contributed by atoms with van der Waals surface area (Å²) >= 11 is 0. The Morgan fingerprint density at radius 3 is 1.98 bits per heavy atom. The van der Waals surface area contributed by atoms with E-state index >= 15 is 0 Å². The average Bonchev–Trinajstić information content (AvgIpc) is 3.21. The van der Waals surface area contributed by atoms with Crippen LogP contribution < -0.4 is 4.90 Å². The van der Waals surface area contributed by atoms with Gasteiger partial charge in [-0.05, 0) is 55.9 Å². The minimum absolute atomic E-state index is 0.166. The second-order valence-corrected chi connectivity index (χ2v) is 12.6. The van der Waals surface area contributed by atoms with Crippen molar-refractivity contribution in [3.8, 4) is 0 Å². The Balaban J connectivity index is 1.46. The van der Waals surface area contributed by atoms with Crippen molar-refractivity contribution >= 4 is 23.4 Å². The van der Waals surface area contributed by atoms with Gasteiger partial charge in [0.05, 0.1) is 11.8 Å². The van der Waals surface area contributed by atoms with Gasteiger partial charge in [0, 0.05) is 23.1 Å². The molecule has 2 heterocycles. The lowest BCUT2D eigenvalue weighted by molar-refractivity contribution is -0.147. The smallest absolute Gasteiger partial charge is 0.251 e. The highest BCUT2D eigenvalue weighted by atomic mass is 16.2. The topological polar surface area (TPSA) is 57.7 Å². The third-order valence-corrected chi connectivity index (χ3v) is 9.51. The largest absolute Gasteiger partial charge is 0.305 e. The van der Waals surface area contributed by atoms with Crippen molar-refractivity contribution in [1.82, 2.24) is 4.90 Å². The fourth-order valence-electron chi connectivity index (χ4n) is 7.75. The fourth-order valence-corrected chi connectivity index (χ4v) is 7.75. The molecule has 3 aromatic rings. The monoisotopic (exact) mass is 534 g/mol. The van der Waals surface area contributed by atoms with Crippen LogP contribution in [-0.2, 0) is 26.2 Å². The molecule has 1 saturated carbocycles. The zero-order valence-corrected chi connectivity index (χ0v) is 23.7. The van der Waals surface area contributed by atoms with E-state index in [4.69, 9.17) is 0 Å². The molecule has 0 unspecified atom stereocenters. The standard InChI is InChI=1S/C35H38N2O3/c1-34(2)23-35(3,25-16-8-5-9-17-25)28-20-12-13-21-29(28)37(34)33(40)30(22-24-14-6-4-7-15-24)36-31(38)26-18-10-11-19-27(26)32(36)39/h4-9,12-17,20-21,26-27,30H,10-11,18-19,22-23H2,1-3H3/t26-,27+,30-,35+/m1/s1. The van der Waals surface area contributed by atoms with Crippen molar-refractivity contribution < 1.29 is 14.4 Å². The summed E-state index contributed by atoms with van der Waals surface area (Å²) in [4.78, 5) is 45.7. The van der Waals surface area contributed by atoms with Crippen molar-refractivity contribution in [2.24, 2.45) is 11.8 Å². The molecule has 5 heteroatoms. The number of carbonyl (C=O) groups excluding carboxylic acids is 3. The molecular formula is C35H38N2O3. The van der Waals surface area contributed by atoms with Gasteiger partial charge in [0.1, 0.15) is 6.04 Å². The van der Waals surface area contributed by atoms with Crippen LogP contribution in [0, 0.1) is 11.8 Å². The molecule has 40 heavy (non-hydrogen) atoms. The van der Waals surface area contributed by atoms with Gasteiger partial charge in [0.15, 0.2) is 0 Å². The molecule has 3 amide bonds. The molecule has 3 aliphatic rings. The van der Waals surface area contributed by atoms with E-state index in [1.54, 1.807) is 0 Å². The summed E-state index contributed by atoms with van der Waals surface area (Å²) in [7, 11) is 0. The zero-order valence-electron chi connectivity index (χ0n) is 23.7. The summed E-state index contributed by atoms with van der Waals surface area (Å²) in [5.41, 5.74) is 3.21. The van der Waals surface area contributed by atoms with Gasteiger partial charge in [-0.2, -0.15) is 0 Å². The van der Waals surface area contributed by atoms with Crippen LogP contribution >= 0.6 is 0 Å². The molecule has 5 nitrogen and oxygen atoms in total. The lowest BCUT2D eigenvalue weighted by atomic mass is 9.65. The number of amides is 3. The van der Waals surface area contributed by atoms with Crippen LogP contribution in [0.15, 0.2) is 84.9 Å². The van der Waals surface area contributed by atoms with E-state index in [-0.39, 0.29) is 35.0 Å². The highest BCUT2D eigenvalue weighted by Crippen LogP contribution is 2.51. The summed E-state index contributed by atoms with van der Waals surface area (Å²) in [6, 6.07) is 27.5. The second kappa shape index (κ2) is 10.0. The minimum atomic E-state index is -0.888. The van der Waals surface area contributed by atoms with E-state index in [9.17, 15) is 14.4 Å². The fraction of sp³-hybridized carbons (Fsp3) is 0.400. The molecule has 6 rings (SSSR count). The number of imide groups is 1. The maximum absolute atomic E-state index is 14.9. The Hall–Kier alpha value is -3.73. The third-order valence-electron chi connectivity index (χ3n) is 9.51. The van der Waals surface area contributed by atoms with Crippen LogP contribution in [0.5, 0.6) is 0 Å². The van der Waals surface area contributed by atoms with Gasteiger partial charge in [0.25, 0.3) is 5.91 Å². The number of anilines is 1. The van der Waals surface area contributed by atoms with Crippen molar-refractivity contribution in [3.63, 3.8) is 0 Å². The molecule has 2 fully saturated rings. The summed E-state index contributed by atoms with van der Waals surface area (Å²) in [5.74, 6) is -1.11. The molecule has 0 bridgehead atoms. The summed E-state index contributed by atoms with van der Waals surface area (Å²) < 4.78 is 0. The van der Waals surface area contributed by atoms with Gasteiger partial charge in [0.2, 0.25) is 11.8 Å².